The molecule has 0 saturated carbocycles. The largest absolute Gasteiger partial charge is 0.308 e. The first-order valence-corrected chi connectivity index (χ1v) is 6.84. The maximum absolute atomic E-state index is 4.67. The van der Waals surface area contributed by atoms with Crippen LogP contribution in [-0.2, 0) is 25.5 Å². The molecule has 0 amide bonds. The standard InChI is InChI=1S/C18H16N.Ir/c1-18(2)14-8-4-3-7-13(14)17-16-12(10-11-19-17)6-5-9-15(16)18;/h3-6,8-11,15-16H,1-2H3;/q-1;. The van der Waals surface area contributed by atoms with Gasteiger partial charge in [0.1, 0.15) is 0 Å². The quantitative estimate of drug-likeness (QED) is 0.546. The Kier molecular flexibility index (Phi) is 3.19. The van der Waals surface area contributed by atoms with E-state index in [-0.39, 0.29) is 25.5 Å². The molecule has 1 radical (unpaired) electrons. The fourth-order valence-corrected chi connectivity index (χ4v) is 3.72. The van der Waals surface area contributed by atoms with Crippen molar-refractivity contribution in [1.82, 2.24) is 0 Å². The summed E-state index contributed by atoms with van der Waals surface area (Å²) in [5, 5.41) is 0. The molecule has 0 fully saturated rings. The molecule has 103 valence electrons. The van der Waals surface area contributed by atoms with Gasteiger partial charge in [-0.25, -0.2) is 0 Å². The predicted molar refractivity (Wildman–Crippen MR) is 78.2 cm³/mol. The fourth-order valence-electron chi connectivity index (χ4n) is 3.72. The molecule has 20 heavy (non-hydrogen) atoms. The smallest absolute Gasteiger partial charge is 0.0160 e. The topological polar surface area (TPSA) is 12.4 Å². The van der Waals surface area contributed by atoms with Gasteiger partial charge in [-0.2, -0.15) is 0 Å². The number of allylic oxidation sites excluding steroid dienone is 5. The molecule has 1 aromatic rings. The van der Waals surface area contributed by atoms with E-state index in [2.05, 4.69) is 61.3 Å². The Morgan fingerprint density at radius 3 is 3.00 bits per heavy atom. The first-order chi connectivity index (χ1) is 9.19. The number of hydrogen-bond acceptors (Lipinski definition) is 1. The normalized spacial score (nSPS) is 27.7. The van der Waals surface area contributed by atoms with Gasteiger partial charge >= 0.3 is 0 Å². The van der Waals surface area contributed by atoms with Crippen LogP contribution in [-0.4, -0.2) is 5.71 Å². The summed E-state index contributed by atoms with van der Waals surface area (Å²) in [5.74, 6) is 0.885. The van der Waals surface area contributed by atoms with Crippen LogP contribution in [0.4, 0.5) is 0 Å². The van der Waals surface area contributed by atoms with E-state index in [1.165, 1.54) is 22.4 Å². The Balaban J connectivity index is 0.00000121. The van der Waals surface area contributed by atoms with Gasteiger partial charge < -0.3 is 4.99 Å². The van der Waals surface area contributed by atoms with Gasteiger partial charge in [0.25, 0.3) is 0 Å². The zero-order valence-corrected chi connectivity index (χ0v) is 13.9. The Morgan fingerprint density at radius 2 is 2.15 bits per heavy atom. The van der Waals surface area contributed by atoms with Gasteiger partial charge in [-0.05, 0) is 34.6 Å². The molecule has 1 aliphatic heterocycles. The van der Waals surface area contributed by atoms with Crippen molar-refractivity contribution >= 4 is 5.71 Å². The third-order valence-corrected chi connectivity index (χ3v) is 4.74. The Labute approximate surface area is 133 Å². The van der Waals surface area contributed by atoms with E-state index in [0.29, 0.717) is 11.8 Å². The van der Waals surface area contributed by atoms with Gasteiger partial charge in [-0.1, -0.05) is 32.1 Å². The zero-order chi connectivity index (χ0) is 13.0. The molecule has 0 spiro atoms. The van der Waals surface area contributed by atoms with Gasteiger partial charge in [0.05, 0.1) is 0 Å². The average Bonchev–Trinajstić information content (AvgIpc) is 2.45. The summed E-state index contributed by atoms with van der Waals surface area (Å²) in [5.41, 5.74) is 5.28. The third kappa shape index (κ3) is 1.68. The number of rotatable bonds is 0. The van der Waals surface area contributed by atoms with Crippen LogP contribution in [0.2, 0.25) is 0 Å². The second-order valence-corrected chi connectivity index (χ2v) is 6.07. The van der Waals surface area contributed by atoms with Crippen molar-refractivity contribution < 1.29 is 20.1 Å². The molecule has 2 atom stereocenters. The van der Waals surface area contributed by atoms with Crippen molar-refractivity contribution in [3.63, 3.8) is 0 Å². The van der Waals surface area contributed by atoms with Crippen LogP contribution in [0.25, 0.3) is 0 Å². The summed E-state index contributed by atoms with van der Waals surface area (Å²) >= 11 is 0. The number of fused-ring (bicyclic) bond motifs is 2. The number of nitrogens with zero attached hydrogens (tertiary/aromatic N) is 1. The molecule has 0 aromatic heterocycles. The number of benzene rings is 1. The average molecular weight is 439 g/mol. The molecule has 0 N–H and O–H groups in total. The SMILES string of the molecule is CC1(C)c2ccc[c-]c2C2=NC=CC3=CC=CC1C32.[Ir]. The van der Waals surface area contributed by atoms with Gasteiger partial charge in [-0.3, -0.25) is 0 Å². The summed E-state index contributed by atoms with van der Waals surface area (Å²) in [6, 6.07) is 9.73. The Hall–Kier alpha value is -1.24. The van der Waals surface area contributed by atoms with Crippen molar-refractivity contribution in [3.8, 4) is 0 Å². The second kappa shape index (κ2) is 4.65. The number of hydrogen-bond donors (Lipinski definition) is 0. The molecule has 1 aromatic carbocycles. The van der Waals surface area contributed by atoms with Crippen LogP contribution in [0.1, 0.15) is 25.0 Å². The van der Waals surface area contributed by atoms with Crippen LogP contribution in [0.15, 0.2) is 59.3 Å². The van der Waals surface area contributed by atoms with E-state index in [9.17, 15) is 0 Å². The number of aliphatic imine (C=N–C) groups is 1. The van der Waals surface area contributed by atoms with Gasteiger partial charge in [-0.15, -0.1) is 35.4 Å². The molecule has 1 heterocycles. The minimum absolute atomic E-state index is 0. The van der Waals surface area contributed by atoms with E-state index in [1.807, 2.05) is 12.3 Å². The Bertz CT molecular complexity index is 676. The van der Waals surface area contributed by atoms with Crippen molar-refractivity contribution in [3.05, 3.63) is 71.5 Å². The molecule has 3 aliphatic rings. The van der Waals surface area contributed by atoms with E-state index in [1.54, 1.807) is 0 Å². The fraction of sp³-hybridized carbons (Fsp3) is 0.278. The molecule has 2 aliphatic carbocycles. The minimum atomic E-state index is 0. The molecular formula is C18H16IrN-. The molecule has 2 unspecified atom stereocenters. The molecule has 1 nitrogen and oxygen atoms in total. The van der Waals surface area contributed by atoms with Crippen molar-refractivity contribution in [1.29, 1.82) is 0 Å². The first-order valence-electron chi connectivity index (χ1n) is 6.84. The van der Waals surface area contributed by atoms with Crippen LogP contribution >= 0.6 is 0 Å². The maximum atomic E-state index is 4.67. The van der Waals surface area contributed by atoms with Crippen LogP contribution in [0.5, 0.6) is 0 Å². The van der Waals surface area contributed by atoms with Crippen molar-refractivity contribution in [2.75, 3.05) is 0 Å². The molecular weight excluding hydrogens is 422 g/mol. The first kappa shape index (κ1) is 13.7. The predicted octanol–water partition coefficient (Wildman–Crippen LogP) is 3.82. The summed E-state index contributed by atoms with van der Waals surface area (Å²) in [4.78, 5) is 4.67. The van der Waals surface area contributed by atoms with Crippen LogP contribution in [0.3, 0.4) is 0 Å². The van der Waals surface area contributed by atoms with Crippen LogP contribution < -0.4 is 0 Å². The van der Waals surface area contributed by atoms with Crippen LogP contribution in [0, 0.1) is 17.9 Å². The molecule has 4 rings (SSSR count). The molecule has 0 bridgehead atoms. The summed E-state index contributed by atoms with van der Waals surface area (Å²) in [7, 11) is 0. The summed E-state index contributed by atoms with van der Waals surface area (Å²) in [6.45, 7) is 4.68. The Morgan fingerprint density at radius 1 is 1.30 bits per heavy atom. The van der Waals surface area contributed by atoms with Gasteiger partial charge in [0.15, 0.2) is 0 Å². The van der Waals surface area contributed by atoms with Crippen molar-refractivity contribution in [2.45, 2.75) is 19.3 Å². The summed E-state index contributed by atoms with van der Waals surface area (Å²) < 4.78 is 0. The third-order valence-electron chi connectivity index (χ3n) is 4.74. The molecule has 2 heteroatoms. The van der Waals surface area contributed by atoms with Crippen molar-refractivity contribution in [2.24, 2.45) is 16.8 Å². The molecule has 0 saturated heterocycles. The van der Waals surface area contributed by atoms with Gasteiger partial charge in [0.2, 0.25) is 0 Å². The van der Waals surface area contributed by atoms with E-state index >= 15 is 0 Å². The second-order valence-electron chi connectivity index (χ2n) is 6.07. The van der Waals surface area contributed by atoms with Gasteiger partial charge in [0, 0.05) is 26.3 Å². The zero-order valence-electron chi connectivity index (χ0n) is 11.6. The summed E-state index contributed by atoms with van der Waals surface area (Å²) in [6.07, 6.45) is 10.8. The maximum Gasteiger partial charge on any atom is 0.0160 e. The monoisotopic (exact) mass is 439 g/mol. The minimum Gasteiger partial charge on any atom is -0.308 e. The van der Waals surface area contributed by atoms with E-state index in [4.69, 9.17) is 0 Å². The van der Waals surface area contributed by atoms with E-state index < -0.39 is 0 Å². The van der Waals surface area contributed by atoms with E-state index in [0.717, 1.165) is 0 Å².